The van der Waals surface area contributed by atoms with E-state index < -0.39 is 0 Å². The minimum absolute atomic E-state index is 0.279. The summed E-state index contributed by atoms with van der Waals surface area (Å²) in [6.45, 7) is 0. The van der Waals surface area contributed by atoms with Gasteiger partial charge in [-0.1, -0.05) is 12.1 Å². The van der Waals surface area contributed by atoms with Gasteiger partial charge in [0.25, 0.3) is 11.8 Å². The minimum atomic E-state index is -0.371. The van der Waals surface area contributed by atoms with E-state index in [4.69, 9.17) is 0 Å². The topological polar surface area (TPSA) is 58.2 Å². The fourth-order valence-electron chi connectivity index (χ4n) is 2.86. The van der Waals surface area contributed by atoms with Crippen molar-refractivity contribution in [1.29, 1.82) is 0 Å². The van der Waals surface area contributed by atoms with Crippen LogP contribution in [0.2, 0.25) is 0 Å². The van der Waals surface area contributed by atoms with Crippen LogP contribution in [0, 0.1) is 11.6 Å². The Morgan fingerprint density at radius 1 is 0.613 bits per heavy atom. The van der Waals surface area contributed by atoms with Crippen LogP contribution >= 0.6 is 11.3 Å². The molecule has 0 fully saturated rings. The van der Waals surface area contributed by atoms with Crippen LogP contribution in [-0.2, 0) is 0 Å². The van der Waals surface area contributed by atoms with Gasteiger partial charge in [0.15, 0.2) is 0 Å². The second kappa shape index (κ2) is 8.89. The molecule has 4 rings (SSSR count). The summed E-state index contributed by atoms with van der Waals surface area (Å²) in [4.78, 5) is 26.1. The largest absolute Gasteiger partial charge is 0.322 e. The summed E-state index contributed by atoms with van der Waals surface area (Å²) >= 11 is 1.31. The summed E-state index contributed by atoms with van der Waals surface area (Å²) in [7, 11) is 0. The Balaban J connectivity index is 1.42. The molecule has 0 aliphatic carbocycles. The third-order valence-electron chi connectivity index (χ3n) is 4.47. The normalized spacial score (nSPS) is 10.5. The average Bonchev–Trinajstić information content (AvgIpc) is 3.27. The van der Waals surface area contributed by atoms with Crippen molar-refractivity contribution in [2.75, 3.05) is 10.6 Å². The maximum atomic E-state index is 13.0. The second-order valence-corrected chi connectivity index (χ2v) is 7.75. The molecule has 31 heavy (non-hydrogen) atoms. The summed E-state index contributed by atoms with van der Waals surface area (Å²) in [5.41, 5.74) is 2.34. The van der Waals surface area contributed by atoms with Crippen molar-refractivity contribution in [3.8, 4) is 10.4 Å². The third-order valence-corrected chi connectivity index (χ3v) is 5.60. The van der Waals surface area contributed by atoms with Crippen molar-refractivity contribution >= 4 is 34.5 Å². The molecule has 2 amide bonds. The molecule has 0 spiro atoms. The number of thiophene rings is 1. The molecule has 0 radical (unpaired) electrons. The van der Waals surface area contributed by atoms with E-state index in [9.17, 15) is 18.4 Å². The number of halogens is 2. The van der Waals surface area contributed by atoms with E-state index in [0.29, 0.717) is 21.8 Å². The number of rotatable bonds is 5. The highest BCUT2D eigenvalue weighted by Gasteiger charge is 2.12. The summed E-state index contributed by atoms with van der Waals surface area (Å²) < 4.78 is 26.0. The van der Waals surface area contributed by atoms with Gasteiger partial charge in [0.1, 0.15) is 11.6 Å². The molecular weight excluding hydrogens is 418 g/mol. The molecule has 0 aliphatic rings. The number of anilines is 2. The van der Waals surface area contributed by atoms with E-state index in [0.717, 1.165) is 10.4 Å². The first kappa shape index (κ1) is 20.4. The molecule has 0 unspecified atom stereocenters. The van der Waals surface area contributed by atoms with Crippen LogP contribution in [0.5, 0.6) is 0 Å². The van der Waals surface area contributed by atoms with Gasteiger partial charge in [-0.05, 0) is 78.4 Å². The van der Waals surface area contributed by atoms with Crippen molar-refractivity contribution in [2.45, 2.75) is 0 Å². The highest BCUT2D eigenvalue weighted by Crippen LogP contribution is 2.29. The maximum absolute atomic E-state index is 13.0. The van der Waals surface area contributed by atoms with E-state index in [1.165, 1.54) is 59.9 Å². The number of carbonyl (C=O) groups is 2. The molecule has 4 aromatic rings. The lowest BCUT2D eigenvalue weighted by molar-refractivity contribution is 0.102. The summed E-state index contributed by atoms with van der Waals surface area (Å²) in [6.07, 6.45) is 0. The van der Waals surface area contributed by atoms with Crippen molar-refractivity contribution < 1.29 is 18.4 Å². The zero-order chi connectivity index (χ0) is 21.8. The minimum Gasteiger partial charge on any atom is -0.322 e. The van der Waals surface area contributed by atoms with Gasteiger partial charge in [0.2, 0.25) is 0 Å². The molecule has 154 valence electrons. The SMILES string of the molecule is O=C(Nc1ccc(F)cc1)c1ccc(-c2ccc(C(=O)Nc3ccc(F)cc3)s2)cc1. The zero-order valence-corrected chi connectivity index (χ0v) is 16.9. The predicted molar refractivity (Wildman–Crippen MR) is 118 cm³/mol. The summed E-state index contributed by atoms with van der Waals surface area (Å²) in [6, 6.07) is 21.6. The van der Waals surface area contributed by atoms with Crippen LogP contribution in [0.25, 0.3) is 10.4 Å². The Kier molecular flexibility index (Phi) is 5.86. The number of carbonyl (C=O) groups excluding carboxylic acids is 2. The number of benzene rings is 3. The highest BCUT2D eigenvalue weighted by molar-refractivity contribution is 7.17. The van der Waals surface area contributed by atoms with Crippen LogP contribution in [0.1, 0.15) is 20.0 Å². The molecule has 0 aliphatic heterocycles. The Hall–Kier alpha value is -3.84. The van der Waals surface area contributed by atoms with Gasteiger partial charge < -0.3 is 10.6 Å². The van der Waals surface area contributed by atoms with E-state index in [1.807, 2.05) is 6.07 Å². The van der Waals surface area contributed by atoms with Gasteiger partial charge >= 0.3 is 0 Å². The molecule has 1 heterocycles. The van der Waals surface area contributed by atoms with Gasteiger partial charge in [-0.25, -0.2) is 8.78 Å². The van der Waals surface area contributed by atoms with E-state index >= 15 is 0 Å². The highest BCUT2D eigenvalue weighted by atomic mass is 32.1. The number of amides is 2. The quantitative estimate of drug-likeness (QED) is 0.393. The Bertz CT molecular complexity index is 1220. The van der Waals surface area contributed by atoms with Crippen LogP contribution in [-0.4, -0.2) is 11.8 Å². The molecule has 7 heteroatoms. The van der Waals surface area contributed by atoms with Crippen molar-refractivity contribution in [3.05, 3.63) is 107 Å². The summed E-state index contributed by atoms with van der Waals surface area (Å²) in [5, 5.41) is 5.44. The van der Waals surface area contributed by atoms with Crippen molar-refractivity contribution in [3.63, 3.8) is 0 Å². The van der Waals surface area contributed by atoms with Crippen molar-refractivity contribution in [1.82, 2.24) is 0 Å². The van der Waals surface area contributed by atoms with E-state index in [2.05, 4.69) is 10.6 Å². The van der Waals surface area contributed by atoms with Gasteiger partial charge in [0, 0.05) is 21.8 Å². The van der Waals surface area contributed by atoms with Gasteiger partial charge in [-0.2, -0.15) is 0 Å². The van der Waals surface area contributed by atoms with Gasteiger partial charge in [0.05, 0.1) is 4.88 Å². The number of hydrogen-bond donors (Lipinski definition) is 2. The van der Waals surface area contributed by atoms with Crippen molar-refractivity contribution in [2.24, 2.45) is 0 Å². The second-order valence-electron chi connectivity index (χ2n) is 6.66. The Labute approximate surface area is 181 Å². The monoisotopic (exact) mass is 434 g/mol. The smallest absolute Gasteiger partial charge is 0.265 e. The average molecular weight is 434 g/mol. The first-order valence-electron chi connectivity index (χ1n) is 9.32. The van der Waals surface area contributed by atoms with Crippen LogP contribution < -0.4 is 10.6 Å². The Morgan fingerprint density at radius 2 is 1.13 bits per heavy atom. The standard InChI is InChI=1S/C24H16F2N2O2S/c25-17-5-9-19(10-6-17)27-23(29)16-3-1-15(2-4-16)21-13-14-22(31-21)24(30)28-20-11-7-18(26)8-12-20/h1-14H,(H,27,29)(H,28,30). The first-order valence-corrected chi connectivity index (χ1v) is 10.1. The molecule has 0 bridgehead atoms. The molecule has 0 atom stereocenters. The van der Waals surface area contributed by atoms with Crippen LogP contribution in [0.3, 0.4) is 0 Å². The van der Waals surface area contributed by atoms with Crippen LogP contribution in [0.15, 0.2) is 84.9 Å². The molecule has 1 aromatic heterocycles. The lowest BCUT2D eigenvalue weighted by Crippen LogP contribution is -2.11. The molecule has 0 saturated heterocycles. The fourth-order valence-corrected chi connectivity index (χ4v) is 3.77. The lowest BCUT2D eigenvalue weighted by Gasteiger charge is -2.06. The lowest BCUT2D eigenvalue weighted by atomic mass is 10.1. The van der Waals surface area contributed by atoms with E-state index in [-0.39, 0.29) is 23.4 Å². The molecule has 3 aromatic carbocycles. The molecular formula is C24H16F2N2O2S. The number of nitrogens with one attached hydrogen (secondary N) is 2. The molecule has 0 saturated carbocycles. The predicted octanol–water partition coefficient (Wildman–Crippen LogP) is 6.20. The van der Waals surface area contributed by atoms with Gasteiger partial charge in [-0.3, -0.25) is 9.59 Å². The van der Waals surface area contributed by atoms with Gasteiger partial charge in [-0.15, -0.1) is 11.3 Å². The number of hydrogen-bond acceptors (Lipinski definition) is 3. The zero-order valence-electron chi connectivity index (χ0n) is 16.1. The third kappa shape index (κ3) is 5.02. The van der Waals surface area contributed by atoms with E-state index in [1.54, 1.807) is 30.3 Å². The van der Waals surface area contributed by atoms with Crippen LogP contribution in [0.4, 0.5) is 20.2 Å². The maximum Gasteiger partial charge on any atom is 0.265 e. The molecule has 2 N–H and O–H groups in total. The fraction of sp³-hybridized carbons (Fsp3) is 0. The Morgan fingerprint density at radius 3 is 1.68 bits per heavy atom. The summed E-state index contributed by atoms with van der Waals surface area (Å²) in [5.74, 6) is -1.32. The first-order chi connectivity index (χ1) is 15.0. The molecule has 4 nitrogen and oxygen atoms in total.